The average Bonchev–Trinajstić information content (AvgIpc) is 3.98. The first-order valence-electron chi connectivity index (χ1n) is 21.0. The molecule has 290 valence electrons. The number of imidazole rings is 1. The van der Waals surface area contributed by atoms with Crippen LogP contribution in [0.3, 0.4) is 0 Å². The zero-order valence-corrected chi connectivity index (χ0v) is 34.2. The van der Waals surface area contributed by atoms with Crippen LogP contribution in [0, 0.1) is 6.33 Å². The molecule has 0 saturated heterocycles. The maximum atomic E-state index is 4.95. The van der Waals surface area contributed by atoms with Gasteiger partial charge in [-0.1, -0.05) is 160 Å². The van der Waals surface area contributed by atoms with E-state index < -0.39 is 0 Å². The zero-order valence-electron chi connectivity index (χ0n) is 34.2. The highest BCUT2D eigenvalue weighted by molar-refractivity contribution is 6.19. The van der Waals surface area contributed by atoms with Gasteiger partial charge in [0.1, 0.15) is 11.5 Å². The van der Waals surface area contributed by atoms with E-state index in [1.807, 2.05) is 6.20 Å². The fraction of sp³-hybridized carbons (Fsp3) is 0.0714. The number of benzene rings is 7. The van der Waals surface area contributed by atoms with Crippen molar-refractivity contribution in [2.75, 3.05) is 0 Å². The summed E-state index contributed by atoms with van der Waals surface area (Å²) in [6.45, 7) is 6.76. The second kappa shape index (κ2) is 13.4. The van der Waals surface area contributed by atoms with Gasteiger partial charge in [-0.2, -0.15) is 0 Å². The van der Waals surface area contributed by atoms with Gasteiger partial charge in [-0.15, -0.1) is 0 Å². The van der Waals surface area contributed by atoms with Crippen molar-refractivity contribution in [2.45, 2.75) is 26.2 Å². The first-order valence-corrected chi connectivity index (χ1v) is 21.0. The van der Waals surface area contributed by atoms with Gasteiger partial charge in [-0.25, -0.2) is 4.98 Å². The topological polar surface area (TPSA) is 42.4 Å². The Morgan fingerprint density at radius 1 is 0.557 bits per heavy atom. The lowest BCUT2D eigenvalue weighted by molar-refractivity contribution is -0.571. The van der Waals surface area contributed by atoms with Crippen molar-refractivity contribution >= 4 is 54.5 Å². The smallest absolute Gasteiger partial charge is 0.269 e. The van der Waals surface area contributed by atoms with E-state index in [1.54, 1.807) is 0 Å². The fourth-order valence-electron chi connectivity index (χ4n) is 9.45. The lowest BCUT2D eigenvalue weighted by Crippen LogP contribution is -2.31. The largest absolute Gasteiger partial charge is 0.340 e. The van der Waals surface area contributed by atoms with E-state index in [2.05, 4.69) is 228 Å². The predicted octanol–water partition coefficient (Wildman–Crippen LogP) is 13.6. The standard InChI is InChI=1S/C56H41N5/c1-56(2,3)41-29-30-57-51(33-41)61-48-22-11-10-19-45(48)47-32-40-31-39-26-25-38-27-28-42(34-46(38)52(39)53(40)58-55(47)61)59-35-60(50-24-13-12-23-49(50)59)54-43(36-15-6-4-7-16-36)20-14-21-44(54)37-17-8-5-9-18-37/h4-34,58H,1-3H3. The third kappa shape index (κ3) is 5.54. The van der Waals surface area contributed by atoms with Gasteiger partial charge >= 0.3 is 0 Å². The summed E-state index contributed by atoms with van der Waals surface area (Å²) in [5, 5.41) is 7.15. The number of pyridine rings is 2. The Hall–Kier alpha value is -7.76. The van der Waals surface area contributed by atoms with E-state index in [1.165, 1.54) is 43.4 Å². The molecule has 0 saturated carbocycles. The lowest BCUT2D eigenvalue weighted by atomic mass is 9.88. The van der Waals surface area contributed by atoms with Gasteiger partial charge in [0.15, 0.2) is 0 Å². The third-order valence-electron chi connectivity index (χ3n) is 12.4. The van der Waals surface area contributed by atoms with Crippen LogP contribution in [0.25, 0.3) is 105 Å². The Labute approximate surface area is 353 Å². The quantitative estimate of drug-likeness (QED) is 0.137. The monoisotopic (exact) mass is 783 g/mol. The molecule has 0 radical (unpaired) electrons. The SMILES string of the molecule is CC(C)(C)c1ccnc(-n2c3ccccc3c3cc4cc5ccc6ccc(-n7[c-][n+](-c8c(-c9ccccc9)cccc8-c8ccccc8)c8ccccc87)cc6c5c-4[nH]c32)c1. The molecule has 5 nitrogen and oxygen atoms in total. The maximum absolute atomic E-state index is 4.95. The minimum atomic E-state index is -0.0108. The molecule has 4 heterocycles. The van der Waals surface area contributed by atoms with Gasteiger partial charge in [0.25, 0.3) is 6.33 Å². The number of rotatable bonds is 5. The third-order valence-corrected chi connectivity index (χ3v) is 12.4. The summed E-state index contributed by atoms with van der Waals surface area (Å²) in [5.41, 5.74) is 14.6. The lowest BCUT2D eigenvalue weighted by Gasteiger charge is -2.20. The van der Waals surface area contributed by atoms with Gasteiger partial charge in [-0.05, 0) is 97.4 Å². The molecule has 0 spiro atoms. The van der Waals surface area contributed by atoms with E-state index in [0.717, 1.165) is 67.3 Å². The molecule has 2 aliphatic rings. The minimum Gasteiger partial charge on any atom is -0.340 e. The number of nitrogens with one attached hydrogen (secondary N) is 1. The van der Waals surface area contributed by atoms with Gasteiger partial charge in [-0.3, -0.25) is 13.7 Å². The summed E-state index contributed by atoms with van der Waals surface area (Å²) < 4.78 is 6.78. The van der Waals surface area contributed by atoms with E-state index in [-0.39, 0.29) is 5.41 Å². The summed E-state index contributed by atoms with van der Waals surface area (Å²) in [5.74, 6) is 0.907. The summed E-state index contributed by atoms with van der Waals surface area (Å²) in [7, 11) is 0. The molecular formula is C56H41N5. The Morgan fingerprint density at radius 3 is 1.98 bits per heavy atom. The van der Waals surface area contributed by atoms with Crippen LogP contribution in [-0.4, -0.2) is 19.1 Å². The highest BCUT2D eigenvalue weighted by Gasteiger charge is 2.23. The molecule has 61 heavy (non-hydrogen) atoms. The molecule has 1 aliphatic carbocycles. The number of hydrogen-bond donors (Lipinski definition) is 1. The Bertz CT molecular complexity index is 3560. The number of aromatic amines is 1. The number of hydrogen-bond acceptors (Lipinski definition) is 1. The number of aromatic nitrogens is 5. The van der Waals surface area contributed by atoms with Crippen LogP contribution in [0.1, 0.15) is 26.3 Å². The Kier molecular flexibility index (Phi) is 7.72. The first-order chi connectivity index (χ1) is 29.9. The molecule has 0 unspecified atom stereocenters. The van der Waals surface area contributed by atoms with Crippen LogP contribution in [0.4, 0.5) is 0 Å². The number of fused-ring (bicyclic) bond motifs is 9. The van der Waals surface area contributed by atoms with Gasteiger partial charge in [0.05, 0.1) is 33.6 Å². The number of para-hydroxylation sites is 4. The molecule has 0 bridgehead atoms. The van der Waals surface area contributed by atoms with E-state index >= 15 is 0 Å². The molecule has 0 fully saturated rings. The predicted molar refractivity (Wildman–Crippen MR) is 251 cm³/mol. The molecule has 1 N–H and O–H groups in total. The fourth-order valence-corrected chi connectivity index (χ4v) is 9.45. The average molecular weight is 784 g/mol. The summed E-state index contributed by atoms with van der Waals surface area (Å²) >= 11 is 0. The van der Waals surface area contributed by atoms with Gasteiger partial charge in [0, 0.05) is 22.4 Å². The molecule has 7 aromatic carbocycles. The van der Waals surface area contributed by atoms with Crippen LogP contribution in [0.2, 0.25) is 0 Å². The van der Waals surface area contributed by atoms with Gasteiger partial charge < -0.3 is 4.98 Å². The van der Waals surface area contributed by atoms with Crippen molar-refractivity contribution in [3.63, 3.8) is 0 Å². The second-order valence-electron chi connectivity index (χ2n) is 17.1. The first kappa shape index (κ1) is 35.2. The summed E-state index contributed by atoms with van der Waals surface area (Å²) in [4.78, 5) is 8.95. The van der Waals surface area contributed by atoms with Crippen molar-refractivity contribution in [2.24, 2.45) is 0 Å². The minimum absolute atomic E-state index is 0.0108. The van der Waals surface area contributed by atoms with Crippen LogP contribution < -0.4 is 4.57 Å². The van der Waals surface area contributed by atoms with Crippen molar-refractivity contribution < 1.29 is 4.57 Å². The molecular weight excluding hydrogens is 743 g/mol. The highest BCUT2D eigenvalue weighted by Crippen LogP contribution is 2.43. The van der Waals surface area contributed by atoms with Crippen LogP contribution in [0.5, 0.6) is 0 Å². The molecule has 1 aliphatic heterocycles. The molecule has 12 rings (SSSR count). The van der Waals surface area contributed by atoms with Crippen molar-refractivity contribution in [1.82, 2.24) is 19.1 Å². The second-order valence-corrected chi connectivity index (χ2v) is 17.1. The Morgan fingerprint density at radius 2 is 1.23 bits per heavy atom. The normalized spacial score (nSPS) is 12.2. The summed E-state index contributed by atoms with van der Waals surface area (Å²) in [6, 6.07) is 65.6. The van der Waals surface area contributed by atoms with Gasteiger partial charge in [0.2, 0.25) is 0 Å². The molecule has 3 aromatic heterocycles. The van der Waals surface area contributed by atoms with Crippen molar-refractivity contribution in [1.29, 1.82) is 0 Å². The van der Waals surface area contributed by atoms with Crippen LogP contribution in [0.15, 0.2) is 188 Å². The van der Waals surface area contributed by atoms with E-state index in [4.69, 9.17) is 4.98 Å². The number of H-pyrrole nitrogens is 1. The van der Waals surface area contributed by atoms with Crippen molar-refractivity contribution in [3.8, 4) is 50.7 Å². The number of nitrogens with zero attached hydrogens (tertiary/aromatic N) is 4. The zero-order chi connectivity index (χ0) is 40.8. The maximum Gasteiger partial charge on any atom is 0.269 e. The van der Waals surface area contributed by atoms with Crippen LogP contribution >= 0.6 is 0 Å². The van der Waals surface area contributed by atoms with Crippen LogP contribution in [-0.2, 0) is 5.41 Å². The van der Waals surface area contributed by atoms with Crippen molar-refractivity contribution in [3.05, 3.63) is 200 Å². The molecule has 0 amide bonds. The Balaban J connectivity index is 1.10. The highest BCUT2D eigenvalue weighted by atomic mass is 15.1. The van der Waals surface area contributed by atoms with E-state index in [9.17, 15) is 0 Å². The molecule has 10 aromatic rings. The summed E-state index contributed by atoms with van der Waals surface area (Å²) in [6.07, 6.45) is 5.82. The van der Waals surface area contributed by atoms with E-state index in [0.29, 0.717) is 0 Å². The molecule has 5 heteroatoms. The molecule has 0 atom stereocenters.